The molecule has 1 aromatic rings. The highest BCUT2D eigenvalue weighted by atomic mass is 16.5. The van der Waals surface area contributed by atoms with Crippen LogP contribution in [0, 0.1) is 17.3 Å². The molecule has 4 rings (SSSR count). The molecule has 2 amide bonds. The van der Waals surface area contributed by atoms with Gasteiger partial charge in [-0.05, 0) is 43.1 Å². The summed E-state index contributed by atoms with van der Waals surface area (Å²) in [6, 6.07) is 1.72. The molecule has 26 heavy (non-hydrogen) atoms. The Morgan fingerprint density at radius 3 is 2.62 bits per heavy atom. The Labute approximate surface area is 154 Å². The summed E-state index contributed by atoms with van der Waals surface area (Å²) in [6.07, 6.45) is 7.48. The molecule has 142 valence electrons. The molecule has 1 spiro atoms. The number of nitrogens with zero attached hydrogens (tertiary/aromatic N) is 2. The van der Waals surface area contributed by atoms with Gasteiger partial charge in [0.05, 0.1) is 18.4 Å². The van der Waals surface area contributed by atoms with E-state index >= 15 is 0 Å². The van der Waals surface area contributed by atoms with Gasteiger partial charge >= 0.3 is 0 Å². The highest BCUT2D eigenvalue weighted by Gasteiger charge is 2.49. The van der Waals surface area contributed by atoms with Gasteiger partial charge in [-0.15, -0.1) is 0 Å². The summed E-state index contributed by atoms with van der Waals surface area (Å²) in [6.45, 7) is 6.29. The van der Waals surface area contributed by atoms with E-state index in [2.05, 4.69) is 0 Å². The van der Waals surface area contributed by atoms with Crippen LogP contribution in [0.1, 0.15) is 43.0 Å². The monoisotopic (exact) mass is 360 g/mol. The van der Waals surface area contributed by atoms with Crippen molar-refractivity contribution in [2.75, 3.05) is 39.4 Å². The second-order valence-electron chi connectivity index (χ2n) is 8.24. The minimum absolute atomic E-state index is 0.0385. The van der Waals surface area contributed by atoms with E-state index in [1.807, 2.05) is 9.80 Å². The van der Waals surface area contributed by atoms with E-state index in [-0.39, 0.29) is 17.2 Å². The highest BCUT2D eigenvalue weighted by molar-refractivity contribution is 5.93. The zero-order valence-electron chi connectivity index (χ0n) is 15.5. The van der Waals surface area contributed by atoms with Crippen LogP contribution in [-0.2, 0) is 9.53 Å². The van der Waals surface area contributed by atoms with E-state index in [9.17, 15) is 9.59 Å². The fourth-order valence-electron chi connectivity index (χ4n) is 4.45. The predicted octanol–water partition coefficient (Wildman–Crippen LogP) is 2.41. The first-order chi connectivity index (χ1) is 12.6. The van der Waals surface area contributed by atoms with Gasteiger partial charge < -0.3 is 19.0 Å². The molecule has 0 aromatic carbocycles. The SMILES string of the molecule is CC(=O)N1C[C@@H](COCC2CC2)C2(CCN(C(=O)c3ccoc3)CC2)C1. The van der Waals surface area contributed by atoms with Gasteiger partial charge in [-0.2, -0.15) is 0 Å². The van der Waals surface area contributed by atoms with Crippen molar-refractivity contribution in [2.45, 2.75) is 32.6 Å². The summed E-state index contributed by atoms with van der Waals surface area (Å²) in [5, 5.41) is 0. The van der Waals surface area contributed by atoms with Crippen molar-refractivity contribution in [3.05, 3.63) is 24.2 Å². The van der Waals surface area contributed by atoms with Crippen LogP contribution in [0.2, 0.25) is 0 Å². The van der Waals surface area contributed by atoms with E-state index in [0.29, 0.717) is 11.5 Å². The zero-order chi connectivity index (χ0) is 18.1. The summed E-state index contributed by atoms with van der Waals surface area (Å²) >= 11 is 0. The molecule has 3 heterocycles. The summed E-state index contributed by atoms with van der Waals surface area (Å²) in [4.78, 5) is 28.4. The van der Waals surface area contributed by atoms with Gasteiger partial charge in [0.2, 0.25) is 5.91 Å². The number of carbonyl (C=O) groups excluding carboxylic acids is 2. The number of ether oxygens (including phenoxy) is 1. The predicted molar refractivity (Wildman–Crippen MR) is 95.6 cm³/mol. The van der Waals surface area contributed by atoms with Gasteiger partial charge in [-0.25, -0.2) is 0 Å². The maximum atomic E-state index is 12.5. The van der Waals surface area contributed by atoms with Crippen molar-refractivity contribution in [1.82, 2.24) is 9.80 Å². The second-order valence-corrected chi connectivity index (χ2v) is 8.24. The number of furan rings is 1. The van der Waals surface area contributed by atoms with Crippen LogP contribution >= 0.6 is 0 Å². The lowest BCUT2D eigenvalue weighted by molar-refractivity contribution is -0.128. The molecule has 3 fully saturated rings. The third kappa shape index (κ3) is 3.52. The fraction of sp³-hybridized carbons (Fsp3) is 0.700. The lowest BCUT2D eigenvalue weighted by atomic mass is 9.71. The number of likely N-dealkylation sites (tertiary alicyclic amines) is 2. The molecule has 6 heteroatoms. The third-order valence-corrected chi connectivity index (χ3v) is 6.44. The maximum absolute atomic E-state index is 12.5. The van der Waals surface area contributed by atoms with E-state index < -0.39 is 0 Å². The minimum Gasteiger partial charge on any atom is -0.472 e. The standard InChI is InChI=1S/C20H28N2O4/c1-15(23)22-10-18(13-26-11-16-2-3-16)20(14-22)5-7-21(8-6-20)19(24)17-4-9-25-12-17/h4,9,12,16,18H,2-3,5-8,10-11,13-14H2,1H3/t18-/m0/s1. The summed E-state index contributed by atoms with van der Waals surface area (Å²) in [7, 11) is 0. The average molecular weight is 360 g/mol. The van der Waals surface area contributed by atoms with Crippen LogP contribution in [0.3, 0.4) is 0 Å². The molecular formula is C20H28N2O4. The largest absolute Gasteiger partial charge is 0.472 e. The number of hydrogen-bond donors (Lipinski definition) is 0. The van der Waals surface area contributed by atoms with Crippen molar-refractivity contribution in [3.8, 4) is 0 Å². The van der Waals surface area contributed by atoms with E-state index in [1.165, 1.54) is 25.4 Å². The Hall–Kier alpha value is -1.82. The number of piperidine rings is 1. The second kappa shape index (κ2) is 7.06. The highest BCUT2D eigenvalue weighted by Crippen LogP contribution is 2.45. The molecule has 2 saturated heterocycles. The number of rotatable bonds is 5. The Morgan fingerprint density at radius 2 is 2.00 bits per heavy atom. The third-order valence-electron chi connectivity index (χ3n) is 6.44. The zero-order valence-corrected chi connectivity index (χ0v) is 15.5. The fourth-order valence-corrected chi connectivity index (χ4v) is 4.45. The first-order valence-corrected chi connectivity index (χ1v) is 9.72. The van der Waals surface area contributed by atoms with Crippen molar-refractivity contribution in [3.63, 3.8) is 0 Å². The normalized spacial score (nSPS) is 25.0. The quantitative estimate of drug-likeness (QED) is 0.809. The molecule has 1 saturated carbocycles. The summed E-state index contributed by atoms with van der Waals surface area (Å²) < 4.78 is 11.0. The molecule has 3 aliphatic rings. The van der Waals surface area contributed by atoms with Gasteiger partial charge in [-0.1, -0.05) is 0 Å². The molecule has 0 bridgehead atoms. The van der Waals surface area contributed by atoms with Gasteiger partial charge in [-0.3, -0.25) is 9.59 Å². The molecule has 6 nitrogen and oxygen atoms in total. The molecule has 0 radical (unpaired) electrons. The van der Waals surface area contributed by atoms with E-state index in [1.54, 1.807) is 13.0 Å². The Morgan fingerprint density at radius 1 is 1.23 bits per heavy atom. The Bertz CT molecular complexity index is 645. The van der Waals surface area contributed by atoms with Crippen LogP contribution in [0.5, 0.6) is 0 Å². The van der Waals surface area contributed by atoms with Gasteiger partial charge in [0, 0.05) is 45.6 Å². The van der Waals surface area contributed by atoms with Crippen LogP contribution < -0.4 is 0 Å². The van der Waals surface area contributed by atoms with Crippen molar-refractivity contribution in [2.24, 2.45) is 17.3 Å². The van der Waals surface area contributed by atoms with Crippen molar-refractivity contribution < 1.29 is 18.7 Å². The number of amides is 2. The summed E-state index contributed by atoms with van der Waals surface area (Å²) in [5.74, 6) is 1.31. The number of carbonyl (C=O) groups is 2. The van der Waals surface area contributed by atoms with Gasteiger partial charge in [0.15, 0.2) is 0 Å². The Kier molecular flexibility index (Phi) is 4.78. The van der Waals surface area contributed by atoms with Crippen molar-refractivity contribution in [1.29, 1.82) is 0 Å². The molecule has 0 unspecified atom stereocenters. The lowest BCUT2D eigenvalue weighted by Gasteiger charge is -2.42. The topological polar surface area (TPSA) is 63.0 Å². The number of hydrogen-bond acceptors (Lipinski definition) is 4. The molecule has 0 N–H and O–H groups in total. The van der Waals surface area contributed by atoms with E-state index in [0.717, 1.165) is 58.2 Å². The van der Waals surface area contributed by atoms with Crippen LogP contribution in [0.4, 0.5) is 0 Å². The maximum Gasteiger partial charge on any atom is 0.257 e. The summed E-state index contributed by atoms with van der Waals surface area (Å²) in [5.41, 5.74) is 0.699. The molecule has 1 aliphatic carbocycles. The smallest absolute Gasteiger partial charge is 0.257 e. The molecule has 1 aromatic heterocycles. The van der Waals surface area contributed by atoms with Crippen molar-refractivity contribution >= 4 is 11.8 Å². The van der Waals surface area contributed by atoms with Crippen LogP contribution in [0.15, 0.2) is 23.0 Å². The van der Waals surface area contributed by atoms with Crippen LogP contribution in [0.25, 0.3) is 0 Å². The molecule has 1 atom stereocenters. The minimum atomic E-state index is 0.0385. The average Bonchev–Trinajstić information content (AvgIpc) is 3.16. The van der Waals surface area contributed by atoms with Crippen LogP contribution in [-0.4, -0.2) is 61.0 Å². The van der Waals surface area contributed by atoms with Gasteiger partial charge in [0.1, 0.15) is 6.26 Å². The lowest BCUT2D eigenvalue weighted by Crippen LogP contribution is -2.47. The van der Waals surface area contributed by atoms with E-state index in [4.69, 9.17) is 9.15 Å². The first-order valence-electron chi connectivity index (χ1n) is 9.72. The van der Waals surface area contributed by atoms with Gasteiger partial charge in [0.25, 0.3) is 5.91 Å². The molecule has 2 aliphatic heterocycles. The molecular weight excluding hydrogens is 332 g/mol. The first kappa shape index (κ1) is 17.6. The Balaban J connectivity index is 1.39.